The van der Waals surface area contributed by atoms with Crippen LogP contribution in [0.15, 0.2) is 65.7 Å². The van der Waals surface area contributed by atoms with E-state index in [1.165, 1.54) is 17.8 Å². The SMILES string of the molecule is CC(=O)c1ccc(NC(=O)C(C)n2cnc3sc(C(=O)OCCc4ccccc4)c(C)c3c2=O)cc1. The van der Waals surface area contributed by atoms with Gasteiger partial charge < -0.3 is 10.1 Å². The molecule has 4 aromatic rings. The third kappa shape index (κ3) is 5.26. The van der Waals surface area contributed by atoms with Gasteiger partial charge in [0.25, 0.3) is 5.56 Å². The quantitative estimate of drug-likeness (QED) is 0.279. The van der Waals surface area contributed by atoms with Gasteiger partial charge in [0.2, 0.25) is 5.91 Å². The molecule has 2 aromatic heterocycles. The van der Waals surface area contributed by atoms with Crippen LogP contribution in [-0.2, 0) is 16.0 Å². The number of ketones is 1. The number of aryl methyl sites for hydroxylation is 1. The molecule has 9 heteroatoms. The van der Waals surface area contributed by atoms with E-state index in [1.54, 1.807) is 38.1 Å². The Hall–Kier alpha value is -4.11. The Labute approximate surface area is 211 Å². The number of fused-ring (bicyclic) bond motifs is 1. The molecule has 0 saturated heterocycles. The summed E-state index contributed by atoms with van der Waals surface area (Å²) in [4.78, 5) is 55.3. The van der Waals surface area contributed by atoms with Crippen molar-refractivity contribution in [2.45, 2.75) is 33.2 Å². The molecule has 0 aliphatic carbocycles. The van der Waals surface area contributed by atoms with Gasteiger partial charge in [0, 0.05) is 17.7 Å². The normalized spacial score (nSPS) is 11.8. The zero-order chi connectivity index (χ0) is 25.8. The molecule has 1 amide bonds. The molecule has 36 heavy (non-hydrogen) atoms. The van der Waals surface area contributed by atoms with Crippen molar-refractivity contribution in [2.24, 2.45) is 0 Å². The minimum Gasteiger partial charge on any atom is -0.461 e. The number of benzene rings is 2. The summed E-state index contributed by atoms with van der Waals surface area (Å²) in [5, 5.41) is 3.04. The first kappa shape index (κ1) is 25.0. The molecule has 0 spiro atoms. The van der Waals surface area contributed by atoms with Crippen molar-refractivity contribution in [1.29, 1.82) is 0 Å². The van der Waals surface area contributed by atoms with E-state index in [-0.39, 0.29) is 12.4 Å². The summed E-state index contributed by atoms with van der Waals surface area (Å²) < 4.78 is 6.68. The number of aromatic nitrogens is 2. The highest BCUT2D eigenvalue weighted by atomic mass is 32.1. The molecule has 0 fully saturated rings. The average Bonchev–Trinajstić information content (AvgIpc) is 3.22. The number of thiophene rings is 1. The fraction of sp³-hybridized carbons (Fsp3) is 0.222. The number of carbonyl (C=O) groups is 3. The maximum absolute atomic E-state index is 13.3. The minimum atomic E-state index is -0.859. The van der Waals surface area contributed by atoms with E-state index in [1.807, 2.05) is 30.3 Å². The zero-order valence-corrected chi connectivity index (χ0v) is 20.9. The van der Waals surface area contributed by atoms with Crippen LogP contribution in [0.2, 0.25) is 0 Å². The van der Waals surface area contributed by atoms with E-state index in [2.05, 4.69) is 10.3 Å². The van der Waals surface area contributed by atoms with Crippen LogP contribution in [0.3, 0.4) is 0 Å². The number of nitrogens with zero attached hydrogens (tertiary/aromatic N) is 2. The highest BCUT2D eigenvalue weighted by molar-refractivity contribution is 7.20. The molecule has 0 aliphatic rings. The molecule has 0 bridgehead atoms. The third-order valence-corrected chi connectivity index (χ3v) is 7.06. The molecule has 184 valence electrons. The first-order chi connectivity index (χ1) is 17.3. The molecule has 1 atom stereocenters. The van der Waals surface area contributed by atoms with Gasteiger partial charge in [-0.1, -0.05) is 30.3 Å². The van der Waals surface area contributed by atoms with Crippen LogP contribution in [0.1, 0.15) is 51.0 Å². The number of rotatable bonds is 8. The van der Waals surface area contributed by atoms with Crippen LogP contribution in [0.5, 0.6) is 0 Å². The molecule has 0 aliphatic heterocycles. The number of carbonyl (C=O) groups excluding carboxylic acids is 3. The van der Waals surface area contributed by atoms with Gasteiger partial charge in [-0.05, 0) is 56.2 Å². The Balaban J connectivity index is 1.50. The number of ether oxygens (including phenoxy) is 1. The molecule has 8 nitrogen and oxygen atoms in total. The van der Waals surface area contributed by atoms with Gasteiger partial charge >= 0.3 is 5.97 Å². The maximum atomic E-state index is 13.3. The third-order valence-electron chi connectivity index (χ3n) is 5.88. The number of Topliss-reactive ketones (excluding diaryl/α,β-unsaturated/α-hetero) is 1. The van der Waals surface area contributed by atoms with E-state index in [0.717, 1.165) is 16.9 Å². The fourth-order valence-corrected chi connectivity index (χ4v) is 4.77. The van der Waals surface area contributed by atoms with Gasteiger partial charge in [0.15, 0.2) is 5.78 Å². The second-order valence-electron chi connectivity index (χ2n) is 8.36. The van der Waals surface area contributed by atoms with Crippen LogP contribution >= 0.6 is 11.3 Å². The lowest BCUT2D eigenvalue weighted by molar-refractivity contribution is -0.118. The first-order valence-corrected chi connectivity index (χ1v) is 12.2. The Kier molecular flexibility index (Phi) is 7.40. The van der Waals surface area contributed by atoms with Crippen molar-refractivity contribution in [3.63, 3.8) is 0 Å². The molecule has 0 radical (unpaired) electrons. The summed E-state index contributed by atoms with van der Waals surface area (Å²) >= 11 is 1.10. The molecule has 1 unspecified atom stereocenters. The van der Waals surface area contributed by atoms with Gasteiger partial charge in [-0.15, -0.1) is 11.3 Å². The Bertz CT molecular complexity index is 1490. The lowest BCUT2D eigenvalue weighted by Crippen LogP contribution is -2.31. The predicted octanol–water partition coefficient (Wildman–Crippen LogP) is 4.57. The van der Waals surface area contributed by atoms with Crippen molar-refractivity contribution in [1.82, 2.24) is 9.55 Å². The predicted molar refractivity (Wildman–Crippen MR) is 139 cm³/mol. The summed E-state index contributed by atoms with van der Waals surface area (Å²) in [6, 6.07) is 15.3. The summed E-state index contributed by atoms with van der Waals surface area (Å²) in [5.74, 6) is -0.989. The van der Waals surface area contributed by atoms with Crippen LogP contribution < -0.4 is 10.9 Å². The maximum Gasteiger partial charge on any atom is 0.348 e. The van der Waals surface area contributed by atoms with Crippen molar-refractivity contribution in [2.75, 3.05) is 11.9 Å². The Morgan fingerprint density at radius 1 is 1.08 bits per heavy atom. The van der Waals surface area contributed by atoms with Crippen molar-refractivity contribution >= 4 is 44.9 Å². The summed E-state index contributed by atoms with van der Waals surface area (Å²) in [5.41, 5.74) is 2.18. The molecular weight excluding hydrogens is 478 g/mol. The van der Waals surface area contributed by atoms with Gasteiger partial charge in [0.05, 0.1) is 18.3 Å². The highest BCUT2D eigenvalue weighted by Gasteiger charge is 2.23. The number of amides is 1. The standard InChI is InChI=1S/C27H25N3O5S/c1-16-22-25(36-23(16)27(34)35-14-13-19-7-5-4-6-8-19)28-15-30(26(22)33)17(2)24(32)29-21-11-9-20(10-12-21)18(3)31/h4-12,15,17H,13-14H2,1-3H3,(H,29,32). The highest BCUT2D eigenvalue weighted by Crippen LogP contribution is 2.28. The largest absolute Gasteiger partial charge is 0.461 e. The number of esters is 1. The first-order valence-electron chi connectivity index (χ1n) is 11.4. The zero-order valence-electron chi connectivity index (χ0n) is 20.1. The average molecular weight is 504 g/mol. The van der Waals surface area contributed by atoms with Gasteiger partial charge in [0.1, 0.15) is 15.7 Å². The molecule has 4 rings (SSSR count). The second kappa shape index (κ2) is 10.7. The summed E-state index contributed by atoms with van der Waals surface area (Å²) in [6.07, 6.45) is 1.90. The number of anilines is 1. The number of hydrogen-bond acceptors (Lipinski definition) is 7. The van der Waals surface area contributed by atoms with Crippen molar-refractivity contribution in [3.8, 4) is 0 Å². The van der Waals surface area contributed by atoms with E-state index >= 15 is 0 Å². The monoisotopic (exact) mass is 503 g/mol. The minimum absolute atomic E-state index is 0.0715. The fourth-order valence-electron chi connectivity index (χ4n) is 3.74. The Morgan fingerprint density at radius 3 is 2.44 bits per heavy atom. The van der Waals surface area contributed by atoms with Crippen molar-refractivity contribution < 1.29 is 19.1 Å². The lowest BCUT2D eigenvalue weighted by atomic mass is 10.1. The van der Waals surface area contributed by atoms with Gasteiger partial charge in [-0.3, -0.25) is 19.0 Å². The van der Waals surface area contributed by atoms with Crippen LogP contribution in [0.4, 0.5) is 5.69 Å². The second-order valence-corrected chi connectivity index (χ2v) is 9.36. The summed E-state index contributed by atoms with van der Waals surface area (Å²) in [7, 11) is 0. The molecule has 1 N–H and O–H groups in total. The number of hydrogen-bond donors (Lipinski definition) is 1. The van der Waals surface area contributed by atoms with Crippen LogP contribution in [-0.4, -0.2) is 33.8 Å². The van der Waals surface area contributed by atoms with Crippen molar-refractivity contribution in [3.05, 3.63) is 92.8 Å². The smallest absolute Gasteiger partial charge is 0.348 e. The molecule has 2 aromatic carbocycles. The molecular formula is C27H25N3O5S. The lowest BCUT2D eigenvalue weighted by Gasteiger charge is -2.15. The molecule has 2 heterocycles. The Morgan fingerprint density at radius 2 is 1.78 bits per heavy atom. The van der Waals surface area contributed by atoms with Gasteiger partial charge in [-0.2, -0.15) is 0 Å². The van der Waals surface area contributed by atoms with Gasteiger partial charge in [-0.25, -0.2) is 9.78 Å². The van der Waals surface area contributed by atoms with Crippen LogP contribution in [0, 0.1) is 6.92 Å². The van der Waals surface area contributed by atoms with E-state index in [0.29, 0.717) is 38.3 Å². The van der Waals surface area contributed by atoms with E-state index < -0.39 is 23.5 Å². The van der Waals surface area contributed by atoms with E-state index in [9.17, 15) is 19.2 Å². The number of nitrogens with one attached hydrogen (secondary N) is 1. The topological polar surface area (TPSA) is 107 Å². The van der Waals surface area contributed by atoms with E-state index in [4.69, 9.17) is 4.74 Å². The van der Waals surface area contributed by atoms with Crippen LogP contribution in [0.25, 0.3) is 10.2 Å². The summed E-state index contributed by atoms with van der Waals surface area (Å²) in [6.45, 7) is 4.96. The molecule has 0 saturated carbocycles.